The Kier molecular flexibility index (Phi) is 2.96. The summed E-state index contributed by atoms with van der Waals surface area (Å²) in [6, 6.07) is 5.16. The van der Waals surface area contributed by atoms with Gasteiger partial charge in [0.15, 0.2) is 0 Å². The van der Waals surface area contributed by atoms with Crippen LogP contribution >= 0.6 is 0 Å². The molecule has 1 aliphatic rings. The Morgan fingerprint density at radius 3 is 3.00 bits per heavy atom. The van der Waals surface area contributed by atoms with Gasteiger partial charge >= 0.3 is 0 Å². The Hall–Kier alpha value is -1.75. The standard InChI is InChI=1S/C11H11FN2O2/c12-9-3-1-2-8(6-9)11(16)14-5-4-10(7-15)13-14/h1-3,6-7,10,13H,4-5H2. The van der Waals surface area contributed by atoms with Crippen molar-refractivity contribution in [1.82, 2.24) is 10.4 Å². The number of rotatable bonds is 2. The summed E-state index contributed by atoms with van der Waals surface area (Å²) < 4.78 is 12.9. The molecule has 1 N–H and O–H groups in total. The average molecular weight is 222 g/mol. The van der Waals surface area contributed by atoms with Gasteiger partial charge < -0.3 is 4.79 Å². The number of hydrogen-bond donors (Lipinski definition) is 1. The fourth-order valence-corrected chi connectivity index (χ4v) is 1.63. The number of carbonyl (C=O) groups is 2. The Balaban J connectivity index is 2.11. The highest BCUT2D eigenvalue weighted by Crippen LogP contribution is 2.10. The quantitative estimate of drug-likeness (QED) is 0.751. The van der Waals surface area contributed by atoms with Crippen LogP contribution in [-0.2, 0) is 4.79 Å². The van der Waals surface area contributed by atoms with Gasteiger partial charge in [-0.25, -0.2) is 9.82 Å². The number of nitrogens with zero attached hydrogens (tertiary/aromatic N) is 1. The molecule has 0 aliphatic carbocycles. The van der Waals surface area contributed by atoms with E-state index < -0.39 is 5.82 Å². The van der Waals surface area contributed by atoms with Crippen LogP contribution in [-0.4, -0.2) is 29.8 Å². The van der Waals surface area contributed by atoms with Gasteiger partial charge in [0, 0.05) is 12.1 Å². The summed E-state index contributed by atoms with van der Waals surface area (Å²) in [6.07, 6.45) is 1.35. The van der Waals surface area contributed by atoms with E-state index in [0.29, 0.717) is 13.0 Å². The monoisotopic (exact) mass is 222 g/mol. The highest BCUT2D eigenvalue weighted by atomic mass is 19.1. The maximum Gasteiger partial charge on any atom is 0.268 e. The molecule has 1 saturated heterocycles. The molecule has 1 aromatic rings. The number of aldehydes is 1. The lowest BCUT2D eigenvalue weighted by Crippen LogP contribution is -2.40. The van der Waals surface area contributed by atoms with Crippen molar-refractivity contribution in [2.24, 2.45) is 0 Å². The second kappa shape index (κ2) is 4.40. The van der Waals surface area contributed by atoms with Crippen LogP contribution in [0.4, 0.5) is 4.39 Å². The summed E-state index contributed by atoms with van der Waals surface area (Å²) in [6.45, 7) is 0.457. The first kappa shape index (κ1) is 10.8. The topological polar surface area (TPSA) is 49.4 Å². The third-order valence-corrected chi connectivity index (χ3v) is 2.47. The molecule has 16 heavy (non-hydrogen) atoms. The lowest BCUT2D eigenvalue weighted by Gasteiger charge is -2.16. The molecule has 1 fully saturated rings. The van der Waals surface area contributed by atoms with Crippen LogP contribution in [0.25, 0.3) is 0 Å². The first-order valence-electron chi connectivity index (χ1n) is 4.99. The number of halogens is 1. The summed E-state index contributed by atoms with van der Waals surface area (Å²) in [4.78, 5) is 22.3. The molecule has 1 aliphatic heterocycles. The minimum atomic E-state index is -0.447. The molecular formula is C11H11FN2O2. The van der Waals surface area contributed by atoms with E-state index in [1.165, 1.54) is 23.2 Å². The molecule has 84 valence electrons. The van der Waals surface area contributed by atoms with Crippen LogP contribution in [0, 0.1) is 5.82 Å². The predicted molar refractivity (Wildman–Crippen MR) is 55.0 cm³/mol. The molecular weight excluding hydrogens is 211 g/mol. The number of nitrogens with one attached hydrogen (secondary N) is 1. The van der Waals surface area contributed by atoms with Crippen molar-refractivity contribution in [1.29, 1.82) is 0 Å². The van der Waals surface area contributed by atoms with Crippen molar-refractivity contribution in [3.05, 3.63) is 35.6 Å². The Morgan fingerprint density at radius 2 is 2.38 bits per heavy atom. The molecule has 0 spiro atoms. The van der Waals surface area contributed by atoms with Crippen LogP contribution in [0.1, 0.15) is 16.8 Å². The fraction of sp³-hybridized carbons (Fsp3) is 0.273. The van der Waals surface area contributed by atoms with Gasteiger partial charge in [-0.05, 0) is 24.6 Å². The second-order valence-electron chi connectivity index (χ2n) is 3.63. The van der Waals surface area contributed by atoms with Gasteiger partial charge in [-0.15, -0.1) is 0 Å². The van der Waals surface area contributed by atoms with Gasteiger partial charge in [0.2, 0.25) is 0 Å². The lowest BCUT2D eigenvalue weighted by atomic mass is 10.2. The zero-order chi connectivity index (χ0) is 11.5. The van der Waals surface area contributed by atoms with Crippen molar-refractivity contribution in [3.63, 3.8) is 0 Å². The molecule has 5 heteroatoms. The lowest BCUT2D eigenvalue weighted by molar-refractivity contribution is -0.109. The first-order valence-corrected chi connectivity index (χ1v) is 4.99. The van der Waals surface area contributed by atoms with Crippen LogP contribution in [0.2, 0.25) is 0 Å². The van der Waals surface area contributed by atoms with Crippen LogP contribution in [0.5, 0.6) is 0 Å². The maximum atomic E-state index is 12.9. The van der Waals surface area contributed by atoms with E-state index >= 15 is 0 Å². The molecule has 0 radical (unpaired) electrons. The molecule has 1 amide bonds. The SMILES string of the molecule is O=CC1CCN(C(=O)c2cccc(F)c2)N1. The van der Waals surface area contributed by atoms with E-state index in [0.717, 1.165) is 6.29 Å². The highest BCUT2D eigenvalue weighted by Gasteiger charge is 2.25. The molecule has 0 saturated carbocycles. The van der Waals surface area contributed by atoms with Crippen molar-refractivity contribution < 1.29 is 14.0 Å². The first-order chi connectivity index (χ1) is 7.70. The van der Waals surface area contributed by atoms with E-state index in [4.69, 9.17) is 0 Å². The van der Waals surface area contributed by atoms with Crippen molar-refractivity contribution in [3.8, 4) is 0 Å². The zero-order valence-corrected chi connectivity index (χ0v) is 8.52. The largest absolute Gasteiger partial charge is 0.302 e. The highest BCUT2D eigenvalue weighted by molar-refractivity contribution is 5.94. The molecule has 0 bridgehead atoms. The summed E-state index contributed by atoms with van der Waals surface area (Å²) in [5.74, 6) is -0.763. The minimum absolute atomic E-state index is 0.277. The molecule has 0 aromatic heterocycles. The summed E-state index contributed by atoms with van der Waals surface area (Å²) in [5.41, 5.74) is 3.03. The van der Waals surface area contributed by atoms with E-state index in [1.807, 2.05) is 0 Å². The van der Waals surface area contributed by atoms with Crippen LogP contribution in [0.15, 0.2) is 24.3 Å². The van der Waals surface area contributed by atoms with E-state index in [-0.39, 0.29) is 17.5 Å². The third kappa shape index (κ3) is 2.09. The third-order valence-electron chi connectivity index (χ3n) is 2.47. The van der Waals surface area contributed by atoms with E-state index in [2.05, 4.69) is 5.43 Å². The molecule has 1 aromatic carbocycles. The van der Waals surface area contributed by atoms with Crippen LogP contribution < -0.4 is 5.43 Å². The number of hydrazine groups is 1. The van der Waals surface area contributed by atoms with E-state index in [9.17, 15) is 14.0 Å². The minimum Gasteiger partial charge on any atom is -0.302 e. The maximum absolute atomic E-state index is 12.9. The van der Waals surface area contributed by atoms with Crippen LogP contribution in [0.3, 0.4) is 0 Å². The Labute approximate surface area is 92.0 Å². The average Bonchev–Trinajstić information content (AvgIpc) is 2.76. The van der Waals surface area contributed by atoms with Crippen molar-refractivity contribution in [2.75, 3.05) is 6.54 Å². The molecule has 1 atom stereocenters. The predicted octanol–water partition coefficient (Wildman–Crippen LogP) is 0.744. The van der Waals surface area contributed by atoms with Gasteiger partial charge in [-0.2, -0.15) is 0 Å². The molecule has 1 heterocycles. The van der Waals surface area contributed by atoms with Gasteiger partial charge in [-0.1, -0.05) is 6.07 Å². The molecule has 4 nitrogen and oxygen atoms in total. The number of carbonyl (C=O) groups excluding carboxylic acids is 2. The number of amides is 1. The summed E-state index contributed by atoms with van der Waals surface area (Å²) in [7, 11) is 0. The molecule has 2 rings (SSSR count). The summed E-state index contributed by atoms with van der Waals surface area (Å²) in [5, 5.41) is 1.34. The zero-order valence-electron chi connectivity index (χ0n) is 8.52. The molecule has 1 unspecified atom stereocenters. The van der Waals surface area contributed by atoms with Crippen molar-refractivity contribution in [2.45, 2.75) is 12.5 Å². The van der Waals surface area contributed by atoms with Gasteiger partial charge in [-0.3, -0.25) is 9.80 Å². The van der Waals surface area contributed by atoms with Gasteiger partial charge in [0.25, 0.3) is 5.91 Å². The Bertz CT molecular complexity index is 422. The number of hydrogen-bond acceptors (Lipinski definition) is 3. The number of benzene rings is 1. The van der Waals surface area contributed by atoms with Crippen molar-refractivity contribution >= 4 is 12.2 Å². The second-order valence-corrected chi connectivity index (χ2v) is 3.63. The van der Waals surface area contributed by atoms with Gasteiger partial charge in [0.05, 0.1) is 6.04 Å². The smallest absolute Gasteiger partial charge is 0.268 e. The normalized spacial score (nSPS) is 19.8. The van der Waals surface area contributed by atoms with Gasteiger partial charge in [0.1, 0.15) is 12.1 Å². The Morgan fingerprint density at radius 1 is 1.56 bits per heavy atom. The summed E-state index contributed by atoms with van der Waals surface area (Å²) >= 11 is 0. The fourth-order valence-electron chi connectivity index (χ4n) is 1.63. The van der Waals surface area contributed by atoms with E-state index in [1.54, 1.807) is 6.07 Å².